The molecule has 3 N–H and O–H groups in total. The molecular weight excluding hydrogens is 374 g/mol. The first-order valence-electron chi connectivity index (χ1n) is 9.19. The summed E-state index contributed by atoms with van der Waals surface area (Å²) in [6.07, 6.45) is 7.25. The van der Waals surface area contributed by atoms with Crippen molar-refractivity contribution in [2.24, 2.45) is 0 Å². The molecule has 5 rings (SSSR count). The minimum absolute atomic E-state index is 0.263. The number of hydrogen-bond acceptors (Lipinski definition) is 6. The lowest BCUT2D eigenvalue weighted by atomic mass is 10.1. The third-order valence-corrected chi connectivity index (χ3v) is 4.92. The molecule has 0 saturated heterocycles. The van der Waals surface area contributed by atoms with Gasteiger partial charge >= 0.3 is 0 Å². The van der Waals surface area contributed by atoms with Gasteiger partial charge in [-0.15, -0.1) is 0 Å². The summed E-state index contributed by atoms with van der Waals surface area (Å²) in [6, 6.07) is 6.97. The molecule has 8 heteroatoms. The zero-order valence-electron chi connectivity index (χ0n) is 15.2. The van der Waals surface area contributed by atoms with Crippen LogP contribution in [0.3, 0.4) is 0 Å². The molecule has 6 nitrogen and oxygen atoms in total. The van der Waals surface area contributed by atoms with Crippen molar-refractivity contribution in [1.29, 1.82) is 0 Å². The van der Waals surface area contributed by atoms with Crippen LogP contribution in [0.4, 0.5) is 26.1 Å². The summed E-state index contributed by atoms with van der Waals surface area (Å²) in [6.45, 7) is 0. The van der Waals surface area contributed by atoms with Crippen LogP contribution in [0.15, 0.2) is 48.9 Å². The number of nitrogens with one attached hydrogen (secondary N) is 1. The summed E-state index contributed by atoms with van der Waals surface area (Å²) in [5.74, 6) is 0.100. The molecule has 0 spiro atoms. The maximum atomic E-state index is 13.9. The van der Waals surface area contributed by atoms with Crippen molar-refractivity contribution in [2.45, 2.75) is 18.8 Å². The quantitative estimate of drug-likeness (QED) is 0.531. The molecule has 1 aromatic carbocycles. The standard InChI is InChI=1S/C21H16F2N6/c22-14-2-1-3-15(23)19(14)28-17-8-12(6-7-26-17)21-27-16-10-25-9-13(11-4-5-11)18(16)20(24)29-21/h1-3,6-11H,4-5H2,(H,26,28)(H2,24,27,29). The molecule has 0 atom stereocenters. The highest BCUT2D eigenvalue weighted by Crippen LogP contribution is 2.43. The summed E-state index contributed by atoms with van der Waals surface area (Å²) in [5, 5.41) is 3.51. The van der Waals surface area contributed by atoms with Gasteiger partial charge in [0.1, 0.15) is 29.0 Å². The van der Waals surface area contributed by atoms with Crippen LogP contribution in [0.5, 0.6) is 0 Å². The molecule has 1 aliphatic rings. The molecule has 0 unspecified atom stereocenters. The number of benzene rings is 1. The molecule has 0 amide bonds. The summed E-state index contributed by atoms with van der Waals surface area (Å²) < 4.78 is 27.8. The number of hydrogen-bond donors (Lipinski definition) is 2. The Balaban J connectivity index is 1.55. The first-order chi connectivity index (χ1) is 14.1. The lowest BCUT2D eigenvalue weighted by Gasteiger charge is -2.11. The Kier molecular flexibility index (Phi) is 4.04. The first kappa shape index (κ1) is 17.4. The van der Waals surface area contributed by atoms with Crippen molar-refractivity contribution in [3.8, 4) is 11.4 Å². The number of anilines is 3. The van der Waals surface area contributed by atoms with E-state index in [4.69, 9.17) is 5.73 Å². The van der Waals surface area contributed by atoms with E-state index in [9.17, 15) is 8.78 Å². The second-order valence-corrected chi connectivity index (χ2v) is 6.98. The Labute approximate surface area is 164 Å². The third kappa shape index (κ3) is 3.22. The molecule has 144 valence electrons. The number of pyridine rings is 2. The van der Waals surface area contributed by atoms with E-state index in [1.54, 1.807) is 18.3 Å². The second kappa shape index (κ2) is 6.73. The number of aromatic nitrogens is 4. The minimum Gasteiger partial charge on any atom is -0.383 e. The van der Waals surface area contributed by atoms with Crippen molar-refractivity contribution in [1.82, 2.24) is 19.9 Å². The summed E-state index contributed by atoms with van der Waals surface area (Å²) in [7, 11) is 0. The molecule has 1 aliphatic carbocycles. The van der Waals surface area contributed by atoms with Gasteiger partial charge < -0.3 is 11.1 Å². The zero-order chi connectivity index (χ0) is 20.0. The molecule has 3 aromatic heterocycles. The number of nitrogens with zero attached hydrogens (tertiary/aromatic N) is 4. The SMILES string of the molecule is Nc1nc(-c2ccnc(Nc3c(F)cccc3F)c2)nc2cncc(C3CC3)c12. The van der Waals surface area contributed by atoms with E-state index in [1.807, 2.05) is 6.20 Å². The maximum absolute atomic E-state index is 13.9. The molecule has 4 aromatic rings. The smallest absolute Gasteiger partial charge is 0.162 e. The molecular formula is C21H16F2N6. The number of nitrogens with two attached hydrogens (primary N) is 1. The fourth-order valence-electron chi connectivity index (χ4n) is 3.35. The van der Waals surface area contributed by atoms with Crippen LogP contribution in [0.2, 0.25) is 0 Å². The van der Waals surface area contributed by atoms with E-state index < -0.39 is 11.6 Å². The monoisotopic (exact) mass is 390 g/mol. The Hall–Kier alpha value is -3.68. The number of fused-ring (bicyclic) bond motifs is 1. The van der Waals surface area contributed by atoms with Crippen LogP contribution in [0.25, 0.3) is 22.3 Å². The van der Waals surface area contributed by atoms with Crippen LogP contribution >= 0.6 is 0 Å². The predicted octanol–water partition coefficient (Wildman–Crippen LogP) is 4.57. The van der Waals surface area contributed by atoms with E-state index >= 15 is 0 Å². The van der Waals surface area contributed by atoms with E-state index in [1.165, 1.54) is 24.4 Å². The van der Waals surface area contributed by atoms with E-state index in [-0.39, 0.29) is 11.5 Å². The Morgan fingerprint density at radius 3 is 2.59 bits per heavy atom. The van der Waals surface area contributed by atoms with Crippen molar-refractivity contribution in [3.05, 3.63) is 66.1 Å². The van der Waals surface area contributed by atoms with E-state index in [2.05, 4.69) is 25.3 Å². The van der Waals surface area contributed by atoms with E-state index in [0.29, 0.717) is 28.6 Å². The average molecular weight is 390 g/mol. The number of nitrogen functional groups attached to an aromatic ring is 1. The highest BCUT2D eigenvalue weighted by Gasteiger charge is 2.27. The fourth-order valence-corrected chi connectivity index (χ4v) is 3.35. The number of halogens is 2. The maximum Gasteiger partial charge on any atom is 0.162 e. The van der Waals surface area contributed by atoms with Crippen LogP contribution in [-0.2, 0) is 0 Å². The third-order valence-electron chi connectivity index (χ3n) is 4.92. The lowest BCUT2D eigenvalue weighted by molar-refractivity contribution is 0.590. The summed E-state index contributed by atoms with van der Waals surface area (Å²) >= 11 is 0. The highest BCUT2D eigenvalue weighted by atomic mass is 19.1. The molecule has 0 radical (unpaired) electrons. The molecule has 1 saturated carbocycles. The molecule has 0 bridgehead atoms. The molecule has 1 fully saturated rings. The minimum atomic E-state index is -0.706. The van der Waals surface area contributed by atoms with E-state index in [0.717, 1.165) is 23.8 Å². The molecule has 3 heterocycles. The fraction of sp³-hybridized carbons (Fsp3) is 0.143. The van der Waals surface area contributed by atoms with Gasteiger partial charge in [-0.2, -0.15) is 0 Å². The highest BCUT2D eigenvalue weighted by molar-refractivity contribution is 5.92. The van der Waals surface area contributed by atoms with Crippen LogP contribution < -0.4 is 11.1 Å². The van der Waals surface area contributed by atoms with Crippen LogP contribution in [0.1, 0.15) is 24.3 Å². The average Bonchev–Trinajstić information content (AvgIpc) is 3.56. The van der Waals surface area contributed by atoms with Crippen molar-refractivity contribution < 1.29 is 8.78 Å². The molecule has 0 aliphatic heterocycles. The lowest BCUT2D eigenvalue weighted by Crippen LogP contribution is -2.02. The van der Waals surface area contributed by atoms with Crippen molar-refractivity contribution in [3.63, 3.8) is 0 Å². The van der Waals surface area contributed by atoms with Gasteiger partial charge in [0.25, 0.3) is 0 Å². The van der Waals surface area contributed by atoms with Gasteiger partial charge in [0.05, 0.1) is 11.7 Å². The van der Waals surface area contributed by atoms with Gasteiger partial charge in [0, 0.05) is 23.3 Å². The second-order valence-electron chi connectivity index (χ2n) is 6.98. The number of rotatable bonds is 4. The van der Waals surface area contributed by atoms with Crippen molar-refractivity contribution in [2.75, 3.05) is 11.1 Å². The van der Waals surface area contributed by atoms with Gasteiger partial charge in [-0.05, 0) is 48.6 Å². The van der Waals surface area contributed by atoms with Crippen LogP contribution in [-0.4, -0.2) is 19.9 Å². The molecule has 29 heavy (non-hydrogen) atoms. The zero-order valence-corrected chi connectivity index (χ0v) is 15.2. The summed E-state index contributed by atoms with van der Waals surface area (Å²) in [5.41, 5.74) is 8.35. The normalized spacial score (nSPS) is 13.6. The Morgan fingerprint density at radius 2 is 1.83 bits per heavy atom. The van der Waals surface area contributed by atoms with Gasteiger partial charge in [-0.25, -0.2) is 23.7 Å². The van der Waals surface area contributed by atoms with Gasteiger partial charge in [0.2, 0.25) is 0 Å². The van der Waals surface area contributed by atoms with Crippen molar-refractivity contribution >= 4 is 28.2 Å². The van der Waals surface area contributed by atoms with Crippen LogP contribution in [0, 0.1) is 11.6 Å². The van der Waals surface area contributed by atoms with Gasteiger partial charge in [-0.3, -0.25) is 4.98 Å². The largest absolute Gasteiger partial charge is 0.383 e. The predicted molar refractivity (Wildman–Crippen MR) is 107 cm³/mol. The van der Waals surface area contributed by atoms with Gasteiger partial charge in [-0.1, -0.05) is 6.07 Å². The first-order valence-corrected chi connectivity index (χ1v) is 9.19. The Morgan fingerprint density at radius 1 is 1.03 bits per heavy atom. The topological polar surface area (TPSA) is 89.6 Å². The summed E-state index contributed by atoms with van der Waals surface area (Å²) in [4.78, 5) is 17.5. The van der Waals surface area contributed by atoms with Gasteiger partial charge in [0.15, 0.2) is 5.82 Å². The Bertz CT molecular complexity index is 1220. The number of para-hydroxylation sites is 1.